The Morgan fingerprint density at radius 1 is 1.53 bits per heavy atom. The van der Waals surface area contributed by atoms with Crippen molar-refractivity contribution in [3.8, 4) is 0 Å². The predicted octanol–water partition coefficient (Wildman–Crippen LogP) is 1.03. The maximum Gasteiger partial charge on any atom is 0.471 e. The van der Waals surface area contributed by atoms with Gasteiger partial charge in [0.05, 0.1) is 11.9 Å². The molecule has 1 amide bonds. The molecule has 9 heteroatoms. The highest BCUT2D eigenvalue weighted by Gasteiger charge is 2.38. The minimum Gasteiger partial charge on any atom is -0.480 e. The molecule has 0 bridgehead atoms. The average molecular weight is 251 g/mol. The molecule has 1 heterocycles. The van der Waals surface area contributed by atoms with E-state index in [1.807, 2.05) is 0 Å². The lowest BCUT2D eigenvalue weighted by Crippen LogP contribution is -2.29. The van der Waals surface area contributed by atoms with E-state index in [1.165, 1.54) is 6.92 Å². The second-order valence-corrected chi connectivity index (χ2v) is 3.18. The van der Waals surface area contributed by atoms with Crippen LogP contribution in [0.5, 0.6) is 0 Å². The van der Waals surface area contributed by atoms with E-state index < -0.39 is 24.1 Å². The number of hydrogen-bond acceptors (Lipinski definition) is 3. The summed E-state index contributed by atoms with van der Waals surface area (Å²) in [5, 5.41) is 13.7. The lowest BCUT2D eigenvalue weighted by molar-refractivity contribution is -0.167. The molecule has 17 heavy (non-hydrogen) atoms. The first kappa shape index (κ1) is 13.0. The summed E-state index contributed by atoms with van der Waals surface area (Å²) in [6, 6.07) is -1.04. The molecule has 0 saturated carbocycles. The van der Waals surface area contributed by atoms with E-state index in [-0.39, 0.29) is 5.69 Å². The molecule has 94 valence electrons. The molecule has 0 spiro atoms. The van der Waals surface area contributed by atoms with Gasteiger partial charge < -0.3 is 10.4 Å². The third kappa shape index (κ3) is 3.20. The molecule has 1 aromatic rings. The van der Waals surface area contributed by atoms with Crippen LogP contribution in [0.1, 0.15) is 13.0 Å². The molecular weight excluding hydrogens is 243 g/mol. The molecule has 6 nitrogen and oxygen atoms in total. The summed E-state index contributed by atoms with van der Waals surface area (Å²) < 4.78 is 36.6. The first-order chi connectivity index (χ1) is 7.71. The Labute approximate surface area is 93.0 Å². The monoisotopic (exact) mass is 251 g/mol. The van der Waals surface area contributed by atoms with Gasteiger partial charge in [-0.1, -0.05) is 0 Å². The van der Waals surface area contributed by atoms with Crippen molar-refractivity contribution in [3.63, 3.8) is 0 Å². The van der Waals surface area contributed by atoms with Crippen LogP contribution in [0.15, 0.2) is 12.4 Å². The van der Waals surface area contributed by atoms with Gasteiger partial charge in [0, 0.05) is 6.20 Å². The summed E-state index contributed by atoms with van der Waals surface area (Å²) in [4.78, 5) is 21.1. The van der Waals surface area contributed by atoms with Gasteiger partial charge >= 0.3 is 18.1 Å². The lowest BCUT2D eigenvalue weighted by Gasteiger charge is -2.06. The first-order valence-corrected chi connectivity index (χ1v) is 4.37. The molecule has 0 aromatic carbocycles. The zero-order valence-electron chi connectivity index (χ0n) is 8.52. The van der Waals surface area contributed by atoms with Crippen molar-refractivity contribution in [2.75, 3.05) is 5.32 Å². The number of carbonyl (C=O) groups is 2. The number of nitrogens with zero attached hydrogens (tertiary/aromatic N) is 2. The Morgan fingerprint density at radius 2 is 2.12 bits per heavy atom. The molecule has 0 aliphatic rings. The van der Waals surface area contributed by atoms with Gasteiger partial charge in [-0.3, -0.25) is 9.48 Å². The van der Waals surface area contributed by atoms with E-state index >= 15 is 0 Å². The number of aliphatic carboxylic acids is 1. The van der Waals surface area contributed by atoms with Gasteiger partial charge in [-0.15, -0.1) is 0 Å². The van der Waals surface area contributed by atoms with Gasteiger partial charge in [0.1, 0.15) is 6.04 Å². The van der Waals surface area contributed by atoms with Crippen molar-refractivity contribution in [1.29, 1.82) is 0 Å². The highest BCUT2D eigenvalue weighted by atomic mass is 19.4. The normalized spacial score (nSPS) is 13.2. The molecule has 1 aromatic heterocycles. The highest BCUT2D eigenvalue weighted by Crippen LogP contribution is 2.18. The van der Waals surface area contributed by atoms with Gasteiger partial charge in [-0.2, -0.15) is 18.3 Å². The van der Waals surface area contributed by atoms with Crippen molar-refractivity contribution in [2.45, 2.75) is 19.1 Å². The minimum absolute atomic E-state index is 0.222. The van der Waals surface area contributed by atoms with Gasteiger partial charge in [0.15, 0.2) is 0 Å². The Bertz CT molecular complexity index is 441. The fraction of sp³-hybridized carbons (Fsp3) is 0.375. The maximum atomic E-state index is 11.9. The van der Waals surface area contributed by atoms with Crippen LogP contribution >= 0.6 is 0 Å². The number of anilines is 1. The van der Waals surface area contributed by atoms with E-state index in [2.05, 4.69) is 5.10 Å². The topological polar surface area (TPSA) is 84.2 Å². The summed E-state index contributed by atoms with van der Waals surface area (Å²) >= 11 is 0. The van der Waals surface area contributed by atoms with E-state index in [0.717, 1.165) is 17.1 Å². The third-order valence-corrected chi connectivity index (χ3v) is 1.87. The molecular formula is C8H8F3N3O3. The van der Waals surface area contributed by atoms with Crippen LogP contribution in [0.4, 0.5) is 18.9 Å². The van der Waals surface area contributed by atoms with Crippen molar-refractivity contribution < 1.29 is 27.9 Å². The Kier molecular flexibility index (Phi) is 3.39. The SMILES string of the molecule is CC(C(=O)O)n1cc(NC(=O)C(F)(F)F)cn1. The number of nitrogens with one attached hydrogen (secondary N) is 1. The Balaban J connectivity index is 2.76. The average Bonchev–Trinajstić information content (AvgIpc) is 2.63. The Hall–Kier alpha value is -2.06. The number of aromatic nitrogens is 2. The van der Waals surface area contributed by atoms with E-state index in [4.69, 9.17) is 5.11 Å². The summed E-state index contributed by atoms with van der Waals surface area (Å²) in [5.41, 5.74) is -0.222. The number of hydrogen-bond donors (Lipinski definition) is 2. The first-order valence-electron chi connectivity index (χ1n) is 4.37. The summed E-state index contributed by atoms with van der Waals surface area (Å²) in [7, 11) is 0. The van der Waals surface area contributed by atoms with E-state index in [9.17, 15) is 22.8 Å². The largest absolute Gasteiger partial charge is 0.480 e. The molecule has 0 radical (unpaired) electrons. The van der Waals surface area contributed by atoms with Gasteiger partial charge in [-0.05, 0) is 6.92 Å². The molecule has 1 atom stereocenters. The number of alkyl halides is 3. The van der Waals surface area contributed by atoms with Crippen LogP contribution in [0.3, 0.4) is 0 Å². The fourth-order valence-corrected chi connectivity index (χ4v) is 0.930. The standard InChI is InChI=1S/C8H8F3N3O3/c1-4(6(15)16)14-3-5(2-12-14)13-7(17)8(9,10)11/h2-4H,1H3,(H,13,17)(H,15,16). The summed E-state index contributed by atoms with van der Waals surface area (Å²) in [5.74, 6) is -3.33. The quantitative estimate of drug-likeness (QED) is 0.840. The number of rotatable bonds is 3. The fourth-order valence-electron chi connectivity index (χ4n) is 0.930. The Morgan fingerprint density at radius 3 is 2.59 bits per heavy atom. The van der Waals surface area contributed by atoms with Crippen LogP contribution in [0, 0.1) is 0 Å². The van der Waals surface area contributed by atoms with Crippen LogP contribution < -0.4 is 5.32 Å². The molecule has 1 rings (SSSR count). The van der Waals surface area contributed by atoms with Gasteiger partial charge in [-0.25, -0.2) is 4.79 Å². The van der Waals surface area contributed by atoms with Crippen molar-refractivity contribution in [1.82, 2.24) is 9.78 Å². The van der Waals surface area contributed by atoms with Crippen LogP contribution in [-0.4, -0.2) is 32.9 Å². The van der Waals surface area contributed by atoms with Crippen LogP contribution in [0.25, 0.3) is 0 Å². The zero-order valence-corrected chi connectivity index (χ0v) is 8.52. The molecule has 0 aliphatic heterocycles. The smallest absolute Gasteiger partial charge is 0.471 e. The van der Waals surface area contributed by atoms with Gasteiger partial charge in [0.2, 0.25) is 0 Å². The third-order valence-electron chi connectivity index (χ3n) is 1.87. The van der Waals surface area contributed by atoms with E-state index in [1.54, 1.807) is 5.32 Å². The number of carbonyl (C=O) groups excluding carboxylic acids is 1. The number of carboxylic acids is 1. The van der Waals surface area contributed by atoms with Crippen LogP contribution in [-0.2, 0) is 9.59 Å². The van der Waals surface area contributed by atoms with Crippen molar-refractivity contribution in [2.24, 2.45) is 0 Å². The molecule has 2 N–H and O–H groups in total. The summed E-state index contributed by atoms with van der Waals surface area (Å²) in [6.45, 7) is 1.30. The lowest BCUT2D eigenvalue weighted by atomic mass is 10.3. The predicted molar refractivity (Wildman–Crippen MR) is 49.3 cm³/mol. The minimum atomic E-state index is -5.00. The van der Waals surface area contributed by atoms with E-state index in [0.29, 0.717) is 0 Å². The second-order valence-electron chi connectivity index (χ2n) is 3.18. The molecule has 0 fully saturated rings. The highest BCUT2D eigenvalue weighted by molar-refractivity contribution is 5.94. The van der Waals surface area contributed by atoms with Crippen LogP contribution in [0.2, 0.25) is 0 Å². The molecule has 0 saturated heterocycles. The number of halogens is 3. The second kappa shape index (κ2) is 4.44. The molecule has 0 aliphatic carbocycles. The number of amides is 1. The maximum absolute atomic E-state index is 11.9. The molecule has 1 unspecified atom stereocenters. The zero-order chi connectivity index (χ0) is 13.2. The van der Waals surface area contributed by atoms with Crippen molar-refractivity contribution >= 4 is 17.6 Å². The summed E-state index contributed by atoms with van der Waals surface area (Å²) in [6.07, 6.45) is -3.06. The van der Waals surface area contributed by atoms with Crippen molar-refractivity contribution in [3.05, 3.63) is 12.4 Å². The number of carboxylic acid groups (broad SMARTS) is 1. The van der Waals surface area contributed by atoms with Gasteiger partial charge in [0.25, 0.3) is 0 Å².